The number of fused-ring (bicyclic) bond motifs is 1. The van der Waals surface area contributed by atoms with Gasteiger partial charge in [0.15, 0.2) is 11.5 Å². The van der Waals surface area contributed by atoms with Crippen molar-refractivity contribution in [2.75, 3.05) is 25.5 Å². The number of nitrogens with two attached hydrogens (primary N) is 1. The van der Waals surface area contributed by atoms with Gasteiger partial charge in [-0.25, -0.2) is 0 Å². The van der Waals surface area contributed by atoms with Crippen LogP contribution in [-0.2, 0) is 6.54 Å². The fraction of sp³-hybridized carbons (Fsp3) is 0.600. The van der Waals surface area contributed by atoms with Crippen LogP contribution in [0, 0.1) is 0 Å². The van der Waals surface area contributed by atoms with Gasteiger partial charge in [-0.05, 0) is 37.4 Å². The Balaban J connectivity index is 1.79. The molecular weight excluding hydrogens is 240 g/mol. The molecule has 0 aromatic heterocycles. The third-order valence-electron chi connectivity index (χ3n) is 3.75. The van der Waals surface area contributed by atoms with E-state index >= 15 is 0 Å². The molecule has 1 aromatic carbocycles. The number of ether oxygens (including phenoxy) is 2. The topological polar surface area (TPSA) is 47.7 Å². The zero-order chi connectivity index (χ0) is 13.2. The maximum atomic E-state index is 6.15. The molecule has 0 saturated heterocycles. The molecule has 1 saturated carbocycles. The molecule has 1 heterocycles. The van der Waals surface area contributed by atoms with Crippen LogP contribution in [0.4, 0.5) is 5.69 Å². The van der Waals surface area contributed by atoms with Crippen LogP contribution in [0.2, 0.25) is 0 Å². The van der Waals surface area contributed by atoms with E-state index in [0.29, 0.717) is 13.2 Å². The summed E-state index contributed by atoms with van der Waals surface area (Å²) in [6, 6.07) is 4.71. The van der Waals surface area contributed by atoms with Crippen molar-refractivity contribution in [1.82, 2.24) is 4.90 Å². The first-order valence-electron chi connectivity index (χ1n) is 7.20. The highest BCUT2D eigenvalue weighted by atomic mass is 16.6. The fourth-order valence-electron chi connectivity index (χ4n) is 2.62. The van der Waals surface area contributed by atoms with Gasteiger partial charge in [0.25, 0.3) is 0 Å². The summed E-state index contributed by atoms with van der Waals surface area (Å²) in [5, 5.41) is 0. The van der Waals surface area contributed by atoms with Crippen LogP contribution >= 0.6 is 0 Å². The number of benzene rings is 1. The lowest BCUT2D eigenvalue weighted by Crippen LogP contribution is -2.27. The molecule has 19 heavy (non-hydrogen) atoms. The Morgan fingerprint density at radius 1 is 1.21 bits per heavy atom. The van der Waals surface area contributed by atoms with E-state index in [1.54, 1.807) is 0 Å². The van der Waals surface area contributed by atoms with Crippen molar-refractivity contribution in [3.8, 4) is 11.5 Å². The van der Waals surface area contributed by atoms with Crippen molar-refractivity contribution in [1.29, 1.82) is 0 Å². The Hall–Kier alpha value is -1.42. The second-order valence-electron chi connectivity index (χ2n) is 5.40. The van der Waals surface area contributed by atoms with E-state index in [1.165, 1.54) is 19.3 Å². The normalized spacial score (nSPS) is 17.8. The minimum Gasteiger partial charge on any atom is -0.486 e. The lowest BCUT2D eigenvalue weighted by atomic mass is 10.1. The van der Waals surface area contributed by atoms with E-state index in [0.717, 1.165) is 41.9 Å². The molecule has 1 aliphatic heterocycles. The Bertz CT molecular complexity index is 458. The first-order valence-corrected chi connectivity index (χ1v) is 7.20. The van der Waals surface area contributed by atoms with Gasteiger partial charge < -0.3 is 15.2 Å². The highest BCUT2D eigenvalue weighted by Gasteiger charge is 2.29. The lowest BCUT2D eigenvalue weighted by Gasteiger charge is -2.24. The second kappa shape index (κ2) is 5.29. The molecule has 1 aliphatic carbocycles. The molecule has 0 bridgehead atoms. The molecule has 2 aliphatic rings. The Labute approximate surface area is 114 Å². The zero-order valence-corrected chi connectivity index (χ0v) is 11.5. The summed E-state index contributed by atoms with van der Waals surface area (Å²) in [4.78, 5) is 2.53. The van der Waals surface area contributed by atoms with Crippen molar-refractivity contribution in [2.24, 2.45) is 0 Å². The van der Waals surface area contributed by atoms with Crippen LogP contribution in [-0.4, -0.2) is 30.7 Å². The largest absolute Gasteiger partial charge is 0.486 e. The molecule has 0 radical (unpaired) electrons. The highest BCUT2D eigenvalue weighted by molar-refractivity contribution is 5.58. The van der Waals surface area contributed by atoms with Crippen molar-refractivity contribution in [3.63, 3.8) is 0 Å². The number of anilines is 1. The summed E-state index contributed by atoms with van der Waals surface area (Å²) in [5.41, 5.74) is 8.12. The Morgan fingerprint density at radius 3 is 2.53 bits per heavy atom. The van der Waals surface area contributed by atoms with Crippen LogP contribution in [0.1, 0.15) is 31.7 Å². The Morgan fingerprint density at radius 2 is 1.89 bits per heavy atom. The van der Waals surface area contributed by atoms with Gasteiger partial charge in [0.05, 0.1) is 0 Å². The predicted octanol–water partition coefficient (Wildman–Crippen LogP) is 2.41. The molecule has 0 amide bonds. The molecule has 0 atom stereocenters. The van der Waals surface area contributed by atoms with E-state index in [9.17, 15) is 0 Å². The first kappa shape index (κ1) is 12.6. The molecule has 4 nitrogen and oxygen atoms in total. The average Bonchev–Trinajstić information content (AvgIpc) is 3.23. The molecule has 3 rings (SSSR count). The summed E-state index contributed by atoms with van der Waals surface area (Å²) >= 11 is 0. The van der Waals surface area contributed by atoms with Crippen LogP contribution in [0.15, 0.2) is 12.1 Å². The summed E-state index contributed by atoms with van der Waals surface area (Å²) in [5.74, 6) is 1.61. The maximum Gasteiger partial charge on any atom is 0.163 e. The molecule has 104 valence electrons. The van der Waals surface area contributed by atoms with E-state index in [4.69, 9.17) is 15.2 Å². The predicted molar refractivity (Wildman–Crippen MR) is 75.6 cm³/mol. The van der Waals surface area contributed by atoms with Crippen molar-refractivity contribution >= 4 is 5.69 Å². The molecular formula is C15H22N2O2. The fourth-order valence-corrected chi connectivity index (χ4v) is 2.62. The highest BCUT2D eigenvalue weighted by Crippen LogP contribution is 2.36. The molecule has 1 aromatic rings. The smallest absolute Gasteiger partial charge is 0.163 e. The van der Waals surface area contributed by atoms with Gasteiger partial charge in [-0.3, -0.25) is 4.90 Å². The van der Waals surface area contributed by atoms with Crippen LogP contribution in [0.3, 0.4) is 0 Å². The summed E-state index contributed by atoms with van der Waals surface area (Å²) in [7, 11) is 0. The average molecular weight is 262 g/mol. The third kappa shape index (κ3) is 2.78. The number of rotatable bonds is 5. The van der Waals surface area contributed by atoms with E-state index < -0.39 is 0 Å². The number of nitrogen functional groups attached to an aromatic ring is 1. The van der Waals surface area contributed by atoms with E-state index in [2.05, 4.69) is 17.9 Å². The lowest BCUT2D eigenvalue weighted by molar-refractivity contribution is 0.171. The standard InChI is InChI=1S/C15H22N2O2/c1-2-5-17(12-3-4-12)10-11-8-14-15(9-13(11)16)19-7-6-18-14/h8-9,12H,2-7,10,16H2,1H3. The molecule has 0 unspecified atom stereocenters. The first-order chi connectivity index (χ1) is 9.28. The van der Waals surface area contributed by atoms with Gasteiger partial charge in [0.1, 0.15) is 13.2 Å². The van der Waals surface area contributed by atoms with Gasteiger partial charge in [0.2, 0.25) is 0 Å². The quantitative estimate of drug-likeness (QED) is 0.828. The monoisotopic (exact) mass is 262 g/mol. The minimum atomic E-state index is 0.607. The van der Waals surface area contributed by atoms with Crippen LogP contribution in [0.5, 0.6) is 11.5 Å². The number of hydrogen-bond donors (Lipinski definition) is 1. The van der Waals surface area contributed by atoms with Crippen LogP contribution < -0.4 is 15.2 Å². The van der Waals surface area contributed by atoms with Gasteiger partial charge in [-0.1, -0.05) is 6.92 Å². The molecule has 4 heteroatoms. The van der Waals surface area contributed by atoms with Gasteiger partial charge in [-0.2, -0.15) is 0 Å². The molecule has 0 spiro atoms. The minimum absolute atomic E-state index is 0.607. The third-order valence-corrected chi connectivity index (χ3v) is 3.75. The van der Waals surface area contributed by atoms with Crippen LogP contribution in [0.25, 0.3) is 0 Å². The summed E-state index contributed by atoms with van der Waals surface area (Å²) in [6.07, 6.45) is 3.83. The summed E-state index contributed by atoms with van der Waals surface area (Å²) < 4.78 is 11.2. The number of hydrogen-bond acceptors (Lipinski definition) is 4. The van der Waals surface area contributed by atoms with Gasteiger partial charge >= 0.3 is 0 Å². The second-order valence-corrected chi connectivity index (χ2v) is 5.40. The molecule has 1 fully saturated rings. The van der Waals surface area contributed by atoms with E-state index in [-0.39, 0.29) is 0 Å². The molecule has 2 N–H and O–H groups in total. The van der Waals surface area contributed by atoms with Gasteiger partial charge in [0, 0.05) is 24.3 Å². The SMILES string of the molecule is CCCN(Cc1cc2c(cc1N)OCCO2)C1CC1. The van der Waals surface area contributed by atoms with Crippen molar-refractivity contribution in [3.05, 3.63) is 17.7 Å². The Kier molecular flexibility index (Phi) is 3.51. The van der Waals surface area contributed by atoms with Gasteiger partial charge in [-0.15, -0.1) is 0 Å². The van der Waals surface area contributed by atoms with E-state index in [1.807, 2.05) is 6.07 Å². The van der Waals surface area contributed by atoms with Crippen molar-refractivity contribution < 1.29 is 9.47 Å². The van der Waals surface area contributed by atoms with Crippen molar-refractivity contribution in [2.45, 2.75) is 38.8 Å². The number of nitrogens with zero attached hydrogens (tertiary/aromatic N) is 1. The summed E-state index contributed by atoms with van der Waals surface area (Å²) in [6.45, 7) is 5.51. The maximum absolute atomic E-state index is 6.15. The zero-order valence-electron chi connectivity index (χ0n) is 11.5.